The van der Waals surface area contributed by atoms with E-state index >= 15 is 0 Å². The number of carbonyl (C=O) groups is 2. The van der Waals surface area contributed by atoms with Crippen molar-refractivity contribution < 1.29 is 23.5 Å². The van der Waals surface area contributed by atoms with Crippen LogP contribution in [-0.2, 0) is 19.1 Å². The average Bonchev–Trinajstić information content (AvgIpc) is 3.33. The molecular formula is C26H23FN2O4S. The van der Waals surface area contributed by atoms with Gasteiger partial charge in [-0.05, 0) is 43.7 Å². The number of rotatable bonds is 5. The number of methoxy groups -OCH3 is 2. The van der Waals surface area contributed by atoms with Gasteiger partial charge in [0.1, 0.15) is 16.7 Å². The summed E-state index contributed by atoms with van der Waals surface area (Å²) in [6.45, 7) is 3.49. The van der Waals surface area contributed by atoms with E-state index < -0.39 is 23.8 Å². The number of nitrogens with zero attached hydrogens (tertiary/aromatic N) is 2. The Hall–Kier alpha value is -3.65. The summed E-state index contributed by atoms with van der Waals surface area (Å²) in [5, 5.41) is 2.60. The molecule has 0 fully saturated rings. The van der Waals surface area contributed by atoms with E-state index in [1.807, 2.05) is 29.6 Å². The third-order valence-electron chi connectivity index (χ3n) is 5.86. The van der Waals surface area contributed by atoms with E-state index in [-0.39, 0.29) is 5.82 Å². The Bertz CT molecular complexity index is 1310. The van der Waals surface area contributed by atoms with Crippen molar-refractivity contribution in [2.75, 3.05) is 14.2 Å². The van der Waals surface area contributed by atoms with Crippen molar-refractivity contribution in [2.45, 2.75) is 19.8 Å². The van der Waals surface area contributed by atoms with Crippen LogP contribution in [0.4, 0.5) is 4.39 Å². The average molecular weight is 479 g/mol. The number of thiazole rings is 1. The number of aliphatic imine (C=N–C) groups is 1. The topological polar surface area (TPSA) is 77.8 Å². The lowest BCUT2D eigenvalue weighted by Gasteiger charge is -2.32. The third-order valence-corrected chi connectivity index (χ3v) is 6.73. The fraction of sp³-hybridized carbons (Fsp3) is 0.231. The zero-order chi connectivity index (χ0) is 24.4. The number of esters is 2. The largest absolute Gasteiger partial charge is 0.468 e. The fourth-order valence-electron chi connectivity index (χ4n) is 4.29. The second-order valence-corrected chi connectivity index (χ2v) is 8.71. The van der Waals surface area contributed by atoms with Gasteiger partial charge in [-0.25, -0.2) is 14.2 Å². The highest BCUT2D eigenvalue weighted by Crippen LogP contribution is 2.44. The van der Waals surface area contributed by atoms with Crippen LogP contribution in [0.2, 0.25) is 0 Å². The molecule has 0 bridgehead atoms. The molecule has 34 heavy (non-hydrogen) atoms. The quantitative estimate of drug-likeness (QED) is 0.458. The van der Waals surface area contributed by atoms with Gasteiger partial charge in [-0.15, -0.1) is 11.3 Å². The number of hydrogen-bond donors (Lipinski definition) is 0. The zero-order valence-electron chi connectivity index (χ0n) is 19.2. The second kappa shape index (κ2) is 9.69. The van der Waals surface area contributed by atoms with Crippen molar-refractivity contribution in [3.8, 4) is 21.8 Å². The number of aromatic nitrogens is 1. The first-order valence-corrected chi connectivity index (χ1v) is 11.5. The van der Waals surface area contributed by atoms with E-state index in [0.29, 0.717) is 27.7 Å². The van der Waals surface area contributed by atoms with E-state index in [0.717, 1.165) is 16.7 Å². The minimum Gasteiger partial charge on any atom is -0.468 e. The van der Waals surface area contributed by atoms with E-state index in [9.17, 15) is 14.0 Å². The highest BCUT2D eigenvalue weighted by Gasteiger charge is 2.43. The summed E-state index contributed by atoms with van der Waals surface area (Å²) in [6, 6.07) is 13.7. The number of halogens is 1. The van der Waals surface area contributed by atoms with Crippen molar-refractivity contribution in [1.29, 1.82) is 0 Å². The molecule has 0 radical (unpaired) electrons. The van der Waals surface area contributed by atoms with Crippen molar-refractivity contribution in [2.24, 2.45) is 10.9 Å². The monoisotopic (exact) mass is 478 g/mol. The summed E-state index contributed by atoms with van der Waals surface area (Å²) >= 11 is 1.43. The predicted octanol–water partition coefficient (Wildman–Crippen LogP) is 5.41. The van der Waals surface area contributed by atoms with Crippen LogP contribution in [0, 0.1) is 11.7 Å². The maximum absolute atomic E-state index is 13.3. The van der Waals surface area contributed by atoms with Crippen LogP contribution in [0.15, 0.2) is 70.2 Å². The highest BCUT2D eigenvalue weighted by molar-refractivity contribution is 7.13. The summed E-state index contributed by atoms with van der Waals surface area (Å²) in [5.41, 5.74) is 4.39. The molecule has 0 spiro atoms. The molecule has 0 saturated carbocycles. The Morgan fingerprint density at radius 3 is 2.38 bits per heavy atom. The summed E-state index contributed by atoms with van der Waals surface area (Å²) in [5.74, 6) is -2.80. The molecule has 1 aromatic heterocycles. The highest BCUT2D eigenvalue weighted by atomic mass is 32.1. The number of ether oxygens (including phenoxy) is 2. The first-order chi connectivity index (χ1) is 16.3. The van der Waals surface area contributed by atoms with Gasteiger partial charge in [0.2, 0.25) is 0 Å². The van der Waals surface area contributed by atoms with Gasteiger partial charge in [-0.2, -0.15) is 0 Å². The number of allylic oxidation sites excluding steroid dienone is 1. The minimum atomic E-state index is -0.791. The van der Waals surface area contributed by atoms with Gasteiger partial charge in [0.05, 0.1) is 25.5 Å². The number of carbonyl (C=O) groups excluding carboxylic acids is 2. The third kappa shape index (κ3) is 4.28. The van der Waals surface area contributed by atoms with E-state index in [2.05, 4.69) is 4.99 Å². The van der Waals surface area contributed by atoms with E-state index in [1.165, 1.54) is 37.7 Å². The molecule has 0 saturated heterocycles. The van der Waals surface area contributed by atoms with Gasteiger partial charge in [-0.1, -0.05) is 24.3 Å². The maximum Gasteiger partial charge on any atom is 0.336 e. The molecule has 2 aromatic carbocycles. The van der Waals surface area contributed by atoms with Crippen molar-refractivity contribution in [3.05, 3.63) is 76.6 Å². The van der Waals surface area contributed by atoms with Gasteiger partial charge in [0, 0.05) is 33.8 Å². The van der Waals surface area contributed by atoms with Gasteiger partial charge in [0.25, 0.3) is 0 Å². The van der Waals surface area contributed by atoms with Crippen LogP contribution in [0.25, 0.3) is 21.8 Å². The lowest BCUT2D eigenvalue weighted by molar-refractivity contribution is -0.143. The van der Waals surface area contributed by atoms with Gasteiger partial charge in [-0.3, -0.25) is 9.79 Å². The molecule has 3 aromatic rings. The van der Waals surface area contributed by atoms with Crippen LogP contribution < -0.4 is 0 Å². The van der Waals surface area contributed by atoms with Crippen LogP contribution >= 0.6 is 11.3 Å². The Morgan fingerprint density at radius 1 is 1.00 bits per heavy atom. The molecule has 1 aliphatic rings. The molecule has 4 rings (SSSR count). The fourth-order valence-corrected chi connectivity index (χ4v) is 5.17. The summed E-state index contributed by atoms with van der Waals surface area (Å²) in [7, 11) is 2.62. The molecule has 2 atom stereocenters. The van der Waals surface area contributed by atoms with Gasteiger partial charge >= 0.3 is 11.9 Å². The van der Waals surface area contributed by atoms with Gasteiger partial charge < -0.3 is 9.47 Å². The van der Waals surface area contributed by atoms with E-state index in [4.69, 9.17) is 14.5 Å². The minimum absolute atomic E-state index is 0.311. The number of benzene rings is 2. The molecule has 2 unspecified atom stereocenters. The molecule has 0 amide bonds. The van der Waals surface area contributed by atoms with Crippen LogP contribution in [0.3, 0.4) is 0 Å². The Kier molecular flexibility index (Phi) is 6.70. The molecule has 6 nitrogen and oxygen atoms in total. The molecule has 174 valence electrons. The zero-order valence-corrected chi connectivity index (χ0v) is 20.0. The van der Waals surface area contributed by atoms with Gasteiger partial charge in [0.15, 0.2) is 0 Å². The molecule has 0 N–H and O–H groups in total. The standard InChI is InChI=1S/C26H23FN2O4S/c1-14-21(25(30)32-3)23(22(15(2)28-14)26(31)33-4)18-7-5-6-8-19(18)24-29-20(13-34-24)16-9-11-17(27)12-10-16/h5-13,21,23H,1-4H3. The summed E-state index contributed by atoms with van der Waals surface area (Å²) in [4.78, 5) is 34.9. The lowest BCUT2D eigenvalue weighted by Crippen LogP contribution is -2.36. The van der Waals surface area contributed by atoms with Crippen molar-refractivity contribution >= 4 is 29.0 Å². The summed E-state index contributed by atoms with van der Waals surface area (Å²) < 4.78 is 23.5. The Labute approximate surface area is 200 Å². The van der Waals surface area contributed by atoms with Crippen LogP contribution in [0.1, 0.15) is 25.3 Å². The normalized spacial score (nSPS) is 17.9. The molecule has 2 heterocycles. The Morgan fingerprint density at radius 2 is 1.71 bits per heavy atom. The molecule has 0 aliphatic carbocycles. The maximum atomic E-state index is 13.3. The number of hydrogen-bond acceptors (Lipinski definition) is 7. The van der Waals surface area contributed by atoms with Crippen LogP contribution in [0.5, 0.6) is 0 Å². The lowest BCUT2D eigenvalue weighted by atomic mass is 9.74. The molecule has 8 heteroatoms. The second-order valence-electron chi connectivity index (χ2n) is 7.85. The molecular weight excluding hydrogens is 455 g/mol. The predicted molar refractivity (Wildman–Crippen MR) is 129 cm³/mol. The summed E-state index contributed by atoms with van der Waals surface area (Å²) in [6.07, 6.45) is 0. The first-order valence-electron chi connectivity index (χ1n) is 10.6. The SMILES string of the molecule is COC(=O)C1=C(C)N=C(C)C(C(=O)OC)C1c1ccccc1-c1nc(-c2ccc(F)cc2)cs1. The van der Waals surface area contributed by atoms with Crippen molar-refractivity contribution in [1.82, 2.24) is 4.98 Å². The Balaban J connectivity index is 1.87. The van der Waals surface area contributed by atoms with Crippen LogP contribution in [-0.4, -0.2) is 36.9 Å². The van der Waals surface area contributed by atoms with E-state index in [1.54, 1.807) is 26.0 Å². The van der Waals surface area contributed by atoms with Crippen molar-refractivity contribution in [3.63, 3.8) is 0 Å². The first kappa shape index (κ1) is 23.5. The molecule has 1 aliphatic heterocycles. The smallest absolute Gasteiger partial charge is 0.336 e.